The van der Waals surface area contributed by atoms with Gasteiger partial charge < -0.3 is 0 Å². The Morgan fingerprint density at radius 1 is 1.05 bits per heavy atom. The van der Waals surface area contributed by atoms with Crippen LogP contribution in [0.5, 0.6) is 0 Å². The zero-order chi connectivity index (χ0) is 14.4. The van der Waals surface area contributed by atoms with Gasteiger partial charge in [0.05, 0.1) is 27.6 Å². The lowest BCUT2D eigenvalue weighted by molar-refractivity contribution is -0.122. The summed E-state index contributed by atoms with van der Waals surface area (Å²) in [5, 5.41) is 0.772. The van der Waals surface area contributed by atoms with E-state index in [1.54, 1.807) is 18.2 Å². The van der Waals surface area contributed by atoms with Crippen LogP contribution in [0.4, 0.5) is 5.69 Å². The van der Waals surface area contributed by atoms with Gasteiger partial charge in [0.15, 0.2) is 0 Å². The molecule has 0 N–H and O–H groups in total. The lowest BCUT2D eigenvalue weighted by Gasteiger charge is -2.25. The molecule has 1 aromatic rings. The van der Waals surface area contributed by atoms with E-state index in [4.69, 9.17) is 23.2 Å². The molecule has 1 aliphatic carbocycles. The number of imide groups is 1. The van der Waals surface area contributed by atoms with E-state index in [-0.39, 0.29) is 23.7 Å². The Kier molecular flexibility index (Phi) is 3.51. The Labute approximate surface area is 127 Å². The Morgan fingerprint density at radius 3 is 2.45 bits per heavy atom. The number of amides is 2. The molecular weight excluding hydrogens is 297 g/mol. The molecule has 20 heavy (non-hydrogen) atoms. The fourth-order valence-corrected chi connectivity index (χ4v) is 3.56. The van der Waals surface area contributed by atoms with E-state index >= 15 is 0 Å². The van der Waals surface area contributed by atoms with E-state index in [0.717, 1.165) is 19.3 Å². The van der Waals surface area contributed by atoms with Crippen molar-refractivity contribution in [1.29, 1.82) is 0 Å². The maximum absolute atomic E-state index is 12.5. The summed E-state index contributed by atoms with van der Waals surface area (Å²) in [5.74, 6) is -0.00848. The van der Waals surface area contributed by atoms with Gasteiger partial charge in [0.1, 0.15) is 0 Å². The fourth-order valence-electron chi connectivity index (χ4n) is 3.27. The van der Waals surface area contributed by atoms with E-state index in [9.17, 15) is 9.59 Å². The number of carbonyl (C=O) groups excluding carboxylic acids is 2. The van der Waals surface area contributed by atoms with E-state index < -0.39 is 0 Å². The number of benzene rings is 1. The second kappa shape index (κ2) is 5.05. The summed E-state index contributed by atoms with van der Waals surface area (Å²) in [6, 6.07) is 4.87. The van der Waals surface area contributed by atoms with Gasteiger partial charge in [-0.15, -0.1) is 0 Å². The lowest BCUT2D eigenvalue weighted by Crippen LogP contribution is -2.30. The summed E-state index contributed by atoms with van der Waals surface area (Å²) in [5.41, 5.74) is 0.524. The van der Waals surface area contributed by atoms with Crippen molar-refractivity contribution in [2.45, 2.75) is 26.2 Å². The lowest BCUT2D eigenvalue weighted by atomic mass is 9.76. The molecule has 106 valence electrons. The molecule has 0 spiro atoms. The number of halogens is 2. The Morgan fingerprint density at radius 2 is 1.75 bits per heavy atom. The molecule has 0 bridgehead atoms. The summed E-state index contributed by atoms with van der Waals surface area (Å²) in [6.45, 7) is 2.13. The van der Waals surface area contributed by atoms with Gasteiger partial charge >= 0.3 is 0 Å². The summed E-state index contributed by atoms with van der Waals surface area (Å²) in [7, 11) is 0. The van der Waals surface area contributed by atoms with E-state index in [1.165, 1.54) is 4.90 Å². The van der Waals surface area contributed by atoms with E-state index in [0.29, 0.717) is 21.7 Å². The number of hydrogen-bond acceptors (Lipinski definition) is 2. The van der Waals surface area contributed by atoms with Crippen LogP contribution in [-0.2, 0) is 9.59 Å². The largest absolute Gasteiger partial charge is 0.274 e. The molecular formula is C15H15Cl2NO2. The standard InChI is InChI=1S/C15H15Cl2NO2/c1-8-2-4-10-11(6-8)15(20)18(14(10)19)9-3-5-12(16)13(17)7-9/h3,5,7-8,10-11H,2,4,6H2,1H3/t8-,10+,11+/m1/s1. The number of carbonyl (C=O) groups is 2. The third-order valence-corrected chi connectivity index (χ3v) is 5.09. The summed E-state index contributed by atoms with van der Waals surface area (Å²) < 4.78 is 0. The minimum atomic E-state index is -0.166. The van der Waals surface area contributed by atoms with Gasteiger partial charge in [-0.05, 0) is 43.4 Å². The number of nitrogens with zero attached hydrogens (tertiary/aromatic N) is 1. The van der Waals surface area contributed by atoms with Gasteiger partial charge in [0.25, 0.3) is 0 Å². The van der Waals surface area contributed by atoms with Crippen LogP contribution < -0.4 is 4.90 Å². The Balaban J connectivity index is 1.96. The SMILES string of the molecule is C[C@@H]1CC[C@@H]2C(=O)N(c3ccc(Cl)c(Cl)c3)C(=O)[C@H]2C1. The predicted octanol–water partition coefficient (Wildman–Crippen LogP) is 3.92. The van der Waals surface area contributed by atoms with E-state index in [1.807, 2.05) is 0 Å². The predicted molar refractivity (Wildman–Crippen MR) is 79.0 cm³/mol. The summed E-state index contributed by atoms with van der Waals surface area (Å²) in [4.78, 5) is 26.3. The van der Waals surface area contributed by atoms with Gasteiger partial charge in [0, 0.05) is 0 Å². The van der Waals surface area contributed by atoms with Crippen LogP contribution in [0.2, 0.25) is 10.0 Å². The van der Waals surface area contributed by atoms with Crippen LogP contribution in [-0.4, -0.2) is 11.8 Å². The molecule has 2 amide bonds. The number of rotatable bonds is 1. The molecule has 1 aliphatic heterocycles. The Bertz CT molecular complexity index is 587. The van der Waals surface area contributed by atoms with Gasteiger partial charge in [-0.2, -0.15) is 0 Å². The zero-order valence-corrected chi connectivity index (χ0v) is 12.6. The third-order valence-electron chi connectivity index (χ3n) is 4.35. The van der Waals surface area contributed by atoms with Gasteiger partial charge in [-0.25, -0.2) is 0 Å². The van der Waals surface area contributed by atoms with Crippen molar-refractivity contribution in [3.63, 3.8) is 0 Å². The zero-order valence-electron chi connectivity index (χ0n) is 11.1. The molecule has 5 heteroatoms. The van der Waals surface area contributed by atoms with Crippen molar-refractivity contribution in [2.75, 3.05) is 4.90 Å². The molecule has 3 nitrogen and oxygen atoms in total. The normalized spacial score (nSPS) is 29.8. The monoisotopic (exact) mass is 311 g/mol. The average Bonchev–Trinajstić information content (AvgIpc) is 2.65. The molecule has 0 unspecified atom stereocenters. The van der Waals surface area contributed by atoms with Crippen LogP contribution in [0.15, 0.2) is 18.2 Å². The molecule has 2 aliphatic rings. The van der Waals surface area contributed by atoms with Crippen molar-refractivity contribution in [1.82, 2.24) is 0 Å². The average molecular weight is 312 g/mol. The first-order chi connectivity index (χ1) is 9.49. The quantitative estimate of drug-likeness (QED) is 0.737. The van der Waals surface area contributed by atoms with Gasteiger partial charge in [-0.3, -0.25) is 14.5 Å². The highest BCUT2D eigenvalue weighted by atomic mass is 35.5. The molecule has 1 heterocycles. The molecule has 3 atom stereocenters. The number of hydrogen-bond donors (Lipinski definition) is 0. The maximum atomic E-state index is 12.5. The molecule has 0 radical (unpaired) electrons. The van der Waals surface area contributed by atoms with Gasteiger partial charge in [-0.1, -0.05) is 30.1 Å². The second-order valence-corrected chi connectivity index (χ2v) is 6.56. The molecule has 1 aromatic carbocycles. The Hall–Kier alpha value is -1.06. The van der Waals surface area contributed by atoms with Crippen LogP contribution in [0.1, 0.15) is 26.2 Å². The van der Waals surface area contributed by atoms with Crippen molar-refractivity contribution < 1.29 is 9.59 Å². The highest BCUT2D eigenvalue weighted by Gasteiger charge is 2.49. The molecule has 1 saturated heterocycles. The highest BCUT2D eigenvalue weighted by molar-refractivity contribution is 6.42. The first-order valence-corrected chi connectivity index (χ1v) is 7.57. The van der Waals surface area contributed by atoms with Crippen LogP contribution in [0.3, 0.4) is 0 Å². The van der Waals surface area contributed by atoms with Crippen molar-refractivity contribution >= 4 is 40.7 Å². The van der Waals surface area contributed by atoms with E-state index in [2.05, 4.69) is 6.92 Å². The van der Waals surface area contributed by atoms with Gasteiger partial charge in [0.2, 0.25) is 11.8 Å². The first-order valence-electron chi connectivity index (χ1n) is 6.82. The van der Waals surface area contributed by atoms with Crippen LogP contribution in [0, 0.1) is 17.8 Å². The maximum Gasteiger partial charge on any atom is 0.237 e. The molecule has 2 fully saturated rings. The smallest absolute Gasteiger partial charge is 0.237 e. The topological polar surface area (TPSA) is 37.4 Å². The summed E-state index contributed by atoms with van der Waals surface area (Å²) in [6.07, 6.45) is 2.61. The molecule has 0 aromatic heterocycles. The van der Waals surface area contributed by atoms with Crippen molar-refractivity contribution in [2.24, 2.45) is 17.8 Å². The first kappa shape index (κ1) is 13.9. The minimum absolute atomic E-state index is 0.0923. The molecule has 1 saturated carbocycles. The number of anilines is 1. The van der Waals surface area contributed by atoms with Crippen LogP contribution in [0.25, 0.3) is 0 Å². The summed E-state index contributed by atoms with van der Waals surface area (Å²) >= 11 is 11.9. The fraction of sp³-hybridized carbons (Fsp3) is 0.467. The van der Waals surface area contributed by atoms with Crippen molar-refractivity contribution in [3.05, 3.63) is 28.2 Å². The minimum Gasteiger partial charge on any atom is -0.274 e. The third kappa shape index (κ3) is 2.13. The highest BCUT2D eigenvalue weighted by Crippen LogP contribution is 2.42. The number of fused-ring (bicyclic) bond motifs is 1. The molecule has 3 rings (SSSR count). The van der Waals surface area contributed by atoms with Crippen molar-refractivity contribution in [3.8, 4) is 0 Å². The van der Waals surface area contributed by atoms with Crippen LogP contribution >= 0.6 is 23.2 Å². The second-order valence-electron chi connectivity index (χ2n) is 5.74.